The predicted octanol–water partition coefficient (Wildman–Crippen LogP) is 2.12. The maximum Gasteiger partial charge on any atom is 0.264 e. The Kier molecular flexibility index (Phi) is 3.84. The second-order valence-corrected chi connectivity index (χ2v) is 6.00. The van der Waals surface area contributed by atoms with Crippen LogP contribution >= 0.6 is 0 Å². The number of hydrogen-bond donors (Lipinski definition) is 2. The van der Waals surface area contributed by atoms with Crippen molar-refractivity contribution in [2.75, 3.05) is 4.72 Å². The van der Waals surface area contributed by atoms with E-state index in [1.807, 2.05) is 12.1 Å². The Bertz CT molecular complexity index is 620. The van der Waals surface area contributed by atoms with Crippen LogP contribution in [0.5, 0.6) is 0 Å². The average molecular weight is 280 g/mol. The third kappa shape index (κ3) is 3.11. The average Bonchev–Trinajstić information content (AvgIpc) is 2.90. The number of H-pyrrole nitrogens is 1. The van der Waals surface area contributed by atoms with Crippen LogP contribution in [0, 0.1) is 0 Å². The van der Waals surface area contributed by atoms with Crippen molar-refractivity contribution in [3.63, 3.8) is 0 Å². The quantitative estimate of drug-likeness (QED) is 0.878. The zero-order valence-electron chi connectivity index (χ0n) is 10.8. The summed E-state index contributed by atoms with van der Waals surface area (Å²) in [7, 11) is -3.62. The van der Waals surface area contributed by atoms with Crippen LogP contribution in [0.15, 0.2) is 35.5 Å². The Morgan fingerprint density at radius 1 is 1.32 bits per heavy atom. The van der Waals surface area contributed by atoms with Gasteiger partial charge in [-0.25, -0.2) is 18.2 Å². The van der Waals surface area contributed by atoms with Gasteiger partial charge in [0.15, 0.2) is 0 Å². The number of sulfonamides is 1. The number of anilines is 1. The fourth-order valence-electron chi connectivity index (χ4n) is 1.65. The van der Waals surface area contributed by atoms with Crippen molar-refractivity contribution < 1.29 is 8.42 Å². The molecule has 1 atom stereocenters. The zero-order valence-corrected chi connectivity index (χ0v) is 11.6. The first-order valence-electron chi connectivity index (χ1n) is 6.01. The van der Waals surface area contributed by atoms with Gasteiger partial charge in [0.25, 0.3) is 10.0 Å². The van der Waals surface area contributed by atoms with Gasteiger partial charge >= 0.3 is 0 Å². The van der Waals surface area contributed by atoms with Crippen LogP contribution in [0.3, 0.4) is 0 Å². The highest BCUT2D eigenvalue weighted by molar-refractivity contribution is 7.92. The fourth-order valence-corrected chi connectivity index (χ4v) is 2.62. The van der Waals surface area contributed by atoms with Crippen molar-refractivity contribution in [3.05, 3.63) is 36.2 Å². The minimum atomic E-state index is -3.62. The van der Waals surface area contributed by atoms with Gasteiger partial charge in [0.1, 0.15) is 6.33 Å². The van der Waals surface area contributed by atoms with Gasteiger partial charge in [-0.05, 0) is 30.0 Å². The van der Waals surface area contributed by atoms with Gasteiger partial charge in [0, 0.05) is 0 Å². The van der Waals surface area contributed by atoms with Crippen LogP contribution in [-0.4, -0.2) is 23.6 Å². The van der Waals surface area contributed by atoms with Crippen LogP contribution in [-0.2, 0) is 10.0 Å². The van der Waals surface area contributed by atoms with E-state index in [2.05, 4.69) is 33.8 Å². The summed E-state index contributed by atoms with van der Waals surface area (Å²) in [5.74, 6) is 0.519. The second kappa shape index (κ2) is 5.40. The van der Waals surface area contributed by atoms with E-state index in [9.17, 15) is 8.42 Å². The molecular weight excluding hydrogens is 264 g/mol. The predicted molar refractivity (Wildman–Crippen MR) is 72.3 cm³/mol. The molecule has 0 radical (unpaired) electrons. The Morgan fingerprint density at radius 2 is 2.00 bits per heavy atom. The second-order valence-electron chi connectivity index (χ2n) is 4.32. The van der Waals surface area contributed by atoms with Crippen LogP contribution < -0.4 is 4.72 Å². The number of hydrogen-bond acceptors (Lipinski definition) is 4. The molecule has 7 heteroatoms. The first kappa shape index (κ1) is 13.5. The lowest BCUT2D eigenvalue weighted by atomic mass is 9.99. The number of aromatic amines is 1. The number of rotatable bonds is 5. The minimum Gasteiger partial charge on any atom is -0.248 e. The van der Waals surface area contributed by atoms with Crippen molar-refractivity contribution in [1.82, 2.24) is 15.2 Å². The van der Waals surface area contributed by atoms with Gasteiger partial charge in [-0.15, -0.1) is 0 Å². The van der Waals surface area contributed by atoms with Crippen molar-refractivity contribution in [2.24, 2.45) is 0 Å². The lowest BCUT2D eigenvalue weighted by Crippen LogP contribution is -2.14. The van der Waals surface area contributed by atoms with Gasteiger partial charge in [-0.3, -0.25) is 0 Å². The summed E-state index contributed by atoms with van der Waals surface area (Å²) in [6.45, 7) is 4.21. The van der Waals surface area contributed by atoms with Crippen molar-refractivity contribution in [1.29, 1.82) is 0 Å². The van der Waals surface area contributed by atoms with Crippen molar-refractivity contribution >= 4 is 16.0 Å². The number of benzene rings is 1. The minimum absolute atomic E-state index is 0.103. The van der Waals surface area contributed by atoms with Crippen LogP contribution in [0.25, 0.3) is 0 Å². The zero-order chi connectivity index (χ0) is 13.9. The molecule has 0 fully saturated rings. The van der Waals surface area contributed by atoms with Crippen LogP contribution in [0.1, 0.15) is 31.7 Å². The molecule has 0 aliphatic rings. The van der Waals surface area contributed by atoms with E-state index in [1.165, 1.54) is 6.33 Å². The lowest BCUT2D eigenvalue weighted by Gasteiger charge is -2.10. The molecule has 19 heavy (non-hydrogen) atoms. The van der Waals surface area contributed by atoms with E-state index in [-0.39, 0.29) is 10.8 Å². The molecule has 0 saturated carbocycles. The number of aromatic nitrogens is 3. The Morgan fingerprint density at radius 3 is 2.53 bits per heavy atom. The highest BCUT2D eigenvalue weighted by atomic mass is 32.2. The highest BCUT2D eigenvalue weighted by Crippen LogP contribution is 2.21. The van der Waals surface area contributed by atoms with E-state index in [0.717, 1.165) is 12.0 Å². The molecule has 0 saturated heterocycles. The smallest absolute Gasteiger partial charge is 0.248 e. The molecule has 0 spiro atoms. The molecule has 0 bridgehead atoms. The lowest BCUT2D eigenvalue weighted by molar-refractivity contribution is 0.600. The molecule has 2 aromatic rings. The normalized spacial score (nSPS) is 13.2. The van der Waals surface area contributed by atoms with E-state index in [1.54, 1.807) is 12.1 Å². The molecular formula is C12H16N4O2S. The van der Waals surface area contributed by atoms with Crippen molar-refractivity contribution in [3.8, 4) is 0 Å². The molecule has 6 nitrogen and oxygen atoms in total. The Hall–Kier alpha value is -1.89. The summed E-state index contributed by atoms with van der Waals surface area (Å²) < 4.78 is 26.4. The van der Waals surface area contributed by atoms with E-state index in [0.29, 0.717) is 5.92 Å². The van der Waals surface area contributed by atoms with Gasteiger partial charge in [0.05, 0.1) is 4.90 Å². The first-order valence-corrected chi connectivity index (χ1v) is 7.49. The third-order valence-electron chi connectivity index (χ3n) is 3.02. The van der Waals surface area contributed by atoms with E-state index in [4.69, 9.17) is 0 Å². The summed E-state index contributed by atoms with van der Waals surface area (Å²) in [6.07, 6.45) is 2.26. The monoisotopic (exact) mass is 280 g/mol. The molecule has 2 rings (SSSR count). The SMILES string of the molecule is CC[C@@H](C)c1ccc(S(=O)(=O)Nc2ncn[nH]2)cc1. The topological polar surface area (TPSA) is 87.7 Å². The van der Waals surface area contributed by atoms with Crippen LogP contribution in [0.4, 0.5) is 5.95 Å². The summed E-state index contributed by atoms with van der Waals surface area (Å²) in [5.41, 5.74) is 1.13. The standard InChI is InChI=1S/C12H16N4O2S/c1-3-9(2)10-4-6-11(7-5-10)19(17,18)16-12-13-8-14-15-12/h4-9H,3H2,1-2H3,(H2,13,14,15,16)/t9-/m1/s1. The summed E-state index contributed by atoms with van der Waals surface area (Å²) in [6, 6.07) is 6.87. The molecule has 0 amide bonds. The number of nitrogens with one attached hydrogen (secondary N) is 2. The third-order valence-corrected chi connectivity index (χ3v) is 4.37. The molecule has 0 aliphatic carbocycles. The maximum atomic E-state index is 12.1. The molecule has 1 aromatic heterocycles. The molecule has 2 N–H and O–H groups in total. The molecule has 1 heterocycles. The summed E-state index contributed by atoms with van der Waals surface area (Å²) >= 11 is 0. The first-order chi connectivity index (χ1) is 9.03. The Balaban J connectivity index is 2.21. The molecule has 0 unspecified atom stereocenters. The molecule has 1 aromatic carbocycles. The fraction of sp³-hybridized carbons (Fsp3) is 0.333. The largest absolute Gasteiger partial charge is 0.264 e. The van der Waals surface area contributed by atoms with Gasteiger partial charge in [-0.2, -0.15) is 10.1 Å². The highest BCUT2D eigenvalue weighted by Gasteiger charge is 2.15. The van der Waals surface area contributed by atoms with Crippen molar-refractivity contribution in [2.45, 2.75) is 31.1 Å². The Labute approximate surface area is 112 Å². The van der Waals surface area contributed by atoms with E-state index >= 15 is 0 Å². The summed E-state index contributed by atoms with van der Waals surface area (Å²) in [4.78, 5) is 3.93. The number of nitrogens with zero attached hydrogens (tertiary/aromatic N) is 2. The van der Waals surface area contributed by atoms with Gasteiger partial charge in [0.2, 0.25) is 5.95 Å². The van der Waals surface area contributed by atoms with E-state index < -0.39 is 10.0 Å². The summed E-state index contributed by atoms with van der Waals surface area (Å²) in [5, 5.41) is 6.04. The van der Waals surface area contributed by atoms with Crippen LogP contribution in [0.2, 0.25) is 0 Å². The molecule has 0 aliphatic heterocycles. The molecule has 102 valence electrons. The van der Waals surface area contributed by atoms with Gasteiger partial charge in [-0.1, -0.05) is 26.0 Å². The van der Waals surface area contributed by atoms with Gasteiger partial charge < -0.3 is 0 Å². The maximum absolute atomic E-state index is 12.1.